The summed E-state index contributed by atoms with van der Waals surface area (Å²) >= 11 is 0. The number of carbonyl (C=O) groups is 1. The van der Waals surface area contributed by atoms with Gasteiger partial charge in [0.15, 0.2) is 0 Å². The largest absolute Gasteiger partial charge is 0.354 e. The predicted octanol–water partition coefficient (Wildman–Crippen LogP) is 2.48. The third-order valence-corrected chi connectivity index (χ3v) is 5.06. The summed E-state index contributed by atoms with van der Waals surface area (Å²) in [5.74, 6) is 0.995. The lowest BCUT2D eigenvalue weighted by molar-refractivity contribution is -0.123. The smallest absolute Gasteiger partial charge is 0.230 e. The Morgan fingerprint density at radius 3 is 2.62 bits per heavy atom. The number of rotatable bonds is 6. The summed E-state index contributed by atoms with van der Waals surface area (Å²) in [5.41, 5.74) is 2.18. The maximum atomic E-state index is 12.7. The van der Waals surface area contributed by atoms with Crippen LogP contribution in [0.1, 0.15) is 36.8 Å². The fourth-order valence-electron chi connectivity index (χ4n) is 3.33. The summed E-state index contributed by atoms with van der Waals surface area (Å²) in [6.45, 7) is 2.87. The van der Waals surface area contributed by atoms with Gasteiger partial charge in [-0.05, 0) is 58.2 Å². The van der Waals surface area contributed by atoms with Crippen LogP contribution >= 0.6 is 0 Å². The second-order valence-electron chi connectivity index (χ2n) is 7.03. The highest BCUT2D eigenvalue weighted by Crippen LogP contribution is 2.48. The van der Waals surface area contributed by atoms with Gasteiger partial charge in [-0.15, -0.1) is 0 Å². The molecule has 0 heterocycles. The molecule has 114 valence electrons. The zero-order valence-electron chi connectivity index (χ0n) is 13.4. The maximum Gasteiger partial charge on any atom is 0.230 e. The lowest BCUT2D eigenvalue weighted by atomic mass is 9.93. The molecule has 1 N–H and O–H groups in total. The van der Waals surface area contributed by atoms with E-state index in [4.69, 9.17) is 0 Å². The molecule has 0 radical (unpaired) electrons. The summed E-state index contributed by atoms with van der Waals surface area (Å²) in [4.78, 5) is 14.9. The molecule has 21 heavy (non-hydrogen) atoms. The van der Waals surface area contributed by atoms with Crippen LogP contribution in [-0.2, 0) is 10.2 Å². The van der Waals surface area contributed by atoms with Crippen LogP contribution in [0, 0.1) is 12.8 Å². The van der Waals surface area contributed by atoms with E-state index in [0.29, 0.717) is 6.04 Å². The van der Waals surface area contributed by atoms with Gasteiger partial charge in [0.25, 0.3) is 0 Å². The molecule has 1 aromatic rings. The van der Waals surface area contributed by atoms with Crippen molar-refractivity contribution in [1.82, 2.24) is 10.2 Å². The molecule has 0 saturated heterocycles. The Hall–Kier alpha value is -1.35. The molecule has 2 aliphatic carbocycles. The third-order valence-electron chi connectivity index (χ3n) is 5.06. The molecule has 0 spiro atoms. The van der Waals surface area contributed by atoms with Gasteiger partial charge in [-0.1, -0.05) is 29.8 Å². The van der Waals surface area contributed by atoms with Crippen LogP contribution in [0.4, 0.5) is 0 Å². The minimum atomic E-state index is -0.244. The molecule has 0 aromatic heterocycles. The summed E-state index contributed by atoms with van der Waals surface area (Å²) in [6, 6.07) is 8.90. The highest BCUT2D eigenvalue weighted by Gasteiger charge is 2.51. The van der Waals surface area contributed by atoms with Crippen LogP contribution < -0.4 is 5.32 Å². The molecule has 3 nitrogen and oxygen atoms in total. The van der Waals surface area contributed by atoms with Crippen molar-refractivity contribution >= 4 is 5.91 Å². The average molecular weight is 286 g/mol. The predicted molar refractivity (Wildman–Crippen MR) is 85.3 cm³/mol. The van der Waals surface area contributed by atoms with Crippen LogP contribution in [0.3, 0.4) is 0 Å². The first-order valence-electron chi connectivity index (χ1n) is 8.05. The Morgan fingerprint density at radius 2 is 2.10 bits per heavy atom. The molecule has 3 heteroatoms. The number of hydrogen-bond donors (Lipinski definition) is 1. The van der Waals surface area contributed by atoms with E-state index in [1.54, 1.807) is 0 Å². The fraction of sp³-hybridized carbons (Fsp3) is 0.611. The van der Waals surface area contributed by atoms with Crippen molar-refractivity contribution in [3.63, 3.8) is 0 Å². The van der Waals surface area contributed by atoms with E-state index in [9.17, 15) is 4.79 Å². The monoisotopic (exact) mass is 286 g/mol. The van der Waals surface area contributed by atoms with E-state index in [-0.39, 0.29) is 11.3 Å². The molecule has 1 aromatic carbocycles. The van der Waals surface area contributed by atoms with E-state index in [1.807, 2.05) is 0 Å². The molecule has 2 saturated carbocycles. The number of hydrogen-bond acceptors (Lipinski definition) is 2. The highest BCUT2D eigenvalue weighted by atomic mass is 16.2. The SMILES string of the molecule is Cc1cccc(C2(C(=O)NCC(C3CC3)N(C)C)CC2)c1. The summed E-state index contributed by atoms with van der Waals surface area (Å²) in [5, 5.41) is 3.23. The van der Waals surface area contributed by atoms with Crippen molar-refractivity contribution in [3.8, 4) is 0 Å². The lowest BCUT2D eigenvalue weighted by Crippen LogP contribution is -2.44. The standard InChI is InChI=1S/C18H26N2O/c1-13-5-4-6-15(11-13)18(9-10-18)17(21)19-12-16(20(2)3)14-7-8-14/h4-6,11,14,16H,7-10,12H2,1-3H3,(H,19,21). The molecule has 1 unspecified atom stereocenters. The second kappa shape index (κ2) is 5.45. The zero-order chi connectivity index (χ0) is 15.0. The van der Waals surface area contributed by atoms with E-state index >= 15 is 0 Å². The van der Waals surface area contributed by atoms with Crippen molar-refractivity contribution in [2.45, 2.75) is 44.1 Å². The molecular weight excluding hydrogens is 260 g/mol. The normalized spacial score (nSPS) is 21.1. The van der Waals surface area contributed by atoms with Crippen molar-refractivity contribution in [2.24, 2.45) is 5.92 Å². The minimum absolute atomic E-state index is 0.223. The fourth-order valence-corrected chi connectivity index (χ4v) is 3.33. The van der Waals surface area contributed by atoms with Gasteiger partial charge in [0.05, 0.1) is 5.41 Å². The van der Waals surface area contributed by atoms with Crippen LogP contribution in [0.5, 0.6) is 0 Å². The number of nitrogens with one attached hydrogen (secondary N) is 1. The van der Waals surface area contributed by atoms with Crippen LogP contribution in [0.15, 0.2) is 24.3 Å². The van der Waals surface area contributed by atoms with Crippen LogP contribution in [0.25, 0.3) is 0 Å². The maximum absolute atomic E-state index is 12.7. The summed E-state index contributed by atoms with van der Waals surface area (Å²) in [6.07, 6.45) is 4.58. The molecule has 0 bridgehead atoms. The zero-order valence-corrected chi connectivity index (χ0v) is 13.4. The minimum Gasteiger partial charge on any atom is -0.354 e. The summed E-state index contributed by atoms with van der Waals surface area (Å²) in [7, 11) is 4.23. The Morgan fingerprint density at radius 1 is 1.38 bits per heavy atom. The number of carbonyl (C=O) groups excluding carboxylic acids is 1. The van der Waals surface area contributed by atoms with Gasteiger partial charge in [0.2, 0.25) is 5.91 Å². The third kappa shape index (κ3) is 2.98. The van der Waals surface area contributed by atoms with Gasteiger partial charge >= 0.3 is 0 Å². The van der Waals surface area contributed by atoms with Gasteiger partial charge in [0, 0.05) is 12.6 Å². The van der Waals surface area contributed by atoms with Gasteiger partial charge in [0.1, 0.15) is 0 Å². The topological polar surface area (TPSA) is 32.3 Å². The summed E-state index contributed by atoms with van der Waals surface area (Å²) < 4.78 is 0. The number of benzene rings is 1. The first-order valence-corrected chi connectivity index (χ1v) is 8.05. The number of aryl methyl sites for hydroxylation is 1. The van der Waals surface area contributed by atoms with E-state index in [0.717, 1.165) is 25.3 Å². The van der Waals surface area contributed by atoms with Gasteiger partial charge in [-0.25, -0.2) is 0 Å². The van der Waals surface area contributed by atoms with Crippen molar-refractivity contribution in [3.05, 3.63) is 35.4 Å². The second-order valence-corrected chi connectivity index (χ2v) is 7.03. The number of likely N-dealkylation sites (N-methyl/N-ethyl adjacent to an activating group) is 1. The van der Waals surface area contributed by atoms with Crippen LogP contribution in [-0.4, -0.2) is 37.5 Å². The Balaban J connectivity index is 1.65. The van der Waals surface area contributed by atoms with Gasteiger partial charge in [-0.2, -0.15) is 0 Å². The first-order chi connectivity index (χ1) is 10.0. The Kier molecular flexibility index (Phi) is 3.78. The lowest BCUT2D eigenvalue weighted by Gasteiger charge is -2.26. The van der Waals surface area contributed by atoms with Crippen molar-refractivity contribution in [2.75, 3.05) is 20.6 Å². The molecule has 1 atom stereocenters. The van der Waals surface area contributed by atoms with Gasteiger partial charge in [-0.3, -0.25) is 4.79 Å². The van der Waals surface area contributed by atoms with E-state index < -0.39 is 0 Å². The quantitative estimate of drug-likeness (QED) is 0.871. The molecule has 0 aliphatic heterocycles. The number of amides is 1. The molecule has 2 aliphatic rings. The Labute approximate surface area is 127 Å². The molecule has 3 rings (SSSR count). The first kappa shape index (κ1) is 14.6. The molecule has 2 fully saturated rings. The van der Waals surface area contributed by atoms with E-state index in [1.165, 1.54) is 24.0 Å². The van der Waals surface area contributed by atoms with Crippen molar-refractivity contribution < 1.29 is 4.79 Å². The van der Waals surface area contributed by atoms with Crippen molar-refractivity contribution in [1.29, 1.82) is 0 Å². The van der Waals surface area contributed by atoms with E-state index in [2.05, 4.69) is 55.5 Å². The highest BCUT2D eigenvalue weighted by molar-refractivity contribution is 5.91. The number of nitrogens with zero attached hydrogens (tertiary/aromatic N) is 1. The Bertz CT molecular complexity index is 528. The molecular formula is C18H26N2O. The molecule has 1 amide bonds. The van der Waals surface area contributed by atoms with Crippen LogP contribution in [0.2, 0.25) is 0 Å². The average Bonchev–Trinajstić information content (AvgIpc) is 3.32. The van der Waals surface area contributed by atoms with Gasteiger partial charge < -0.3 is 10.2 Å².